The minimum Gasteiger partial charge on any atom is -0.274 e. The topological polar surface area (TPSA) is 63.7 Å². The molecule has 27 heavy (non-hydrogen) atoms. The van der Waals surface area contributed by atoms with E-state index >= 15 is 0 Å². The summed E-state index contributed by atoms with van der Waals surface area (Å²) in [7, 11) is -2.56. The highest BCUT2D eigenvalue weighted by Gasteiger charge is 2.35. The van der Waals surface area contributed by atoms with Crippen LogP contribution in [0.15, 0.2) is 53.4 Å². The van der Waals surface area contributed by atoms with Crippen LogP contribution < -0.4 is 0 Å². The Hall–Kier alpha value is -2.39. The first kappa shape index (κ1) is 19.4. The lowest BCUT2D eigenvalue weighted by atomic mass is 9.91. The number of hydroxylamine groups is 2. The number of alkyl halides is 3. The van der Waals surface area contributed by atoms with E-state index in [1.807, 2.05) is 0 Å². The van der Waals surface area contributed by atoms with Crippen LogP contribution >= 0.6 is 0 Å². The number of amides is 1. The van der Waals surface area contributed by atoms with Crippen LogP contribution in [0.5, 0.6) is 0 Å². The molecule has 0 bridgehead atoms. The van der Waals surface area contributed by atoms with Crippen LogP contribution in [0, 0.1) is 0 Å². The van der Waals surface area contributed by atoms with Gasteiger partial charge >= 0.3 is 6.18 Å². The normalized spacial score (nSPS) is 17.7. The molecule has 0 fully saturated rings. The third-order valence-electron chi connectivity index (χ3n) is 4.43. The molecule has 1 aliphatic heterocycles. The molecule has 9 heteroatoms. The lowest BCUT2D eigenvalue weighted by Gasteiger charge is -2.32. The molecule has 1 heterocycles. The predicted octanol–water partition coefficient (Wildman–Crippen LogP) is 3.28. The zero-order chi connectivity index (χ0) is 19.8. The van der Waals surface area contributed by atoms with Crippen molar-refractivity contribution in [2.75, 3.05) is 19.4 Å². The van der Waals surface area contributed by atoms with Crippen LogP contribution in [0.25, 0.3) is 0 Å². The predicted molar refractivity (Wildman–Crippen MR) is 90.7 cm³/mol. The molecule has 0 radical (unpaired) electrons. The number of halogens is 3. The van der Waals surface area contributed by atoms with Crippen molar-refractivity contribution in [2.45, 2.75) is 17.0 Å². The van der Waals surface area contributed by atoms with Gasteiger partial charge in [0.15, 0.2) is 9.84 Å². The lowest BCUT2D eigenvalue weighted by molar-refractivity contribution is -0.137. The molecule has 144 valence electrons. The maximum atomic E-state index is 12.7. The summed E-state index contributed by atoms with van der Waals surface area (Å²) >= 11 is 0. The van der Waals surface area contributed by atoms with Crippen LogP contribution in [0.2, 0.25) is 0 Å². The number of hydrogen-bond donors (Lipinski definition) is 0. The lowest BCUT2D eigenvalue weighted by Crippen LogP contribution is -2.41. The van der Waals surface area contributed by atoms with Gasteiger partial charge in [0.2, 0.25) is 0 Å². The van der Waals surface area contributed by atoms with Crippen LogP contribution in [0.3, 0.4) is 0 Å². The van der Waals surface area contributed by atoms with Crippen molar-refractivity contribution < 1.29 is 31.2 Å². The maximum Gasteiger partial charge on any atom is 0.416 e. The van der Waals surface area contributed by atoms with Crippen LogP contribution in [-0.4, -0.2) is 38.8 Å². The Balaban J connectivity index is 1.91. The molecule has 5 nitrogen and oxygen atoms in total. The van der Waals surface area contributed by atoms with Crippen molar-refractivity contribution in [3.05, 3.63) is 65.2 Å². The Bertz CT molecular complexity index is 955. The van der Waals surface area contributed by atoms with Gasteiger partial charge in [-0.3, -0.25) is 9.63 Å². The van der Waals surface area contributed by atoms with E-state index in [0.29, 0.717) is 11.1 Å². The zero-order valence-corrected chi connectivity index (χ0v) is 15.0. The molecule has 2 aromatic carbocycles. The molecule has 1 unspecified atom stereocenters. The Morgan fingerprint density at radius 3 is 2.33 bits per heavy atom. The van der Waals surface area contributed by atoms with Crippen LogP contribution in [-0.2, 0) is 20.9 Å². The van der Waals surface area contributed by atoms with Crippen LogP contribution in [0.4, 0.5) is 13.2 Å². The minimum atomic E-state index is -4.54. The number of carbonyl (C=O) groups excluding carboxylic acids is 1. The van der Waals surface area contributed by atoms with E-state index < -0.39 is 27.5 Å². The number of hydrogen-bond acceptors (Lipinski definition) is 4. The molecule has 0 spiro atoms. The van der Waals surface area contributed by atoms with Crippen molar-refractivity contribution in [3.8, 4) is 0 Å². The fourth-order valence-corrected chi connectivity index (χ4v) is 4.63. The van der Waals surface area contributed by atoms with E-state index in [2.05, 4.69) is 0 Å². The van der Waals surface area contributed by atoms with E-state index in [9.17, 15) is 26.4 Å². The first-order valence-corrected chi connectivity index (χ1v) is 9.63. The number of benzene rings is 2. The van der Waals surface area contributed by atoms with E-state index in [1.165, 1.54) is 7.11 Å². The van der Waals surface area contributed by atoms with Crippen molar-refractivity contribution in [3.63, 3.8) is 0 Å². The molecular weight excluding hydrogens is 383 g/mol. The van der Waals surface area contributed by atoms with Gasteiger partial charge in [0, 0.05) is 11.5 Å². The molecule has 0 aliphatic carbocycles. The highest BCUT2D eigenvalue weighted by atomic mass is 32.2. The Morgan fingerprint density at radius 1 is 1.11 bits per heavy atom. The van der Waals surface area contributed by atoms with Gasteiger partial charge in [-0.25, -0.2) is 13.5 Å². The van der Waals surface area contributed by atoms with E-state index in [1.54, 1.807) is 24.3 Å². The number of nitrogens with zero attached hydrogens (tertiary/aromatic N) is 1. The van der Waals surface area contributed by atoms with Crippen molar-refractivity contribution in [1.29, 1.82) is 0 Å². The second kappa shape index (κ2) is 6.97. The number of carbonyl (C=O) groups is 1. The van der Waals surface area contributed by atoms with Crippen LogP contribution in [0.1, 0.15) is 27.4 Å². The SMILES string of the molecule is CON1CC(CS(=O)(=O)c2ccc(C(F)(F)F)cc2)c2ccccc2C1=O. The summed E-state index contributed by atoms with van der Waals surface area (Å²) in [6.45, 7) is 0.0339. The average Bonchev–Trinajstić information content (AvgIpc) is 2.63. The van der Waals surface area contributed by atoms with Gasteiger partial charge in [0.25, 0.3) is 5.91 Å². The first-order chi connectivity index (χ1) is 12.6. The monoisotopic (exact) mass is 399 g/mol. The average molecular weight is 399 g/mol. The third-order valence-corrected chi connectivity index (χ3v) is 6.26. The Labute approximate surface area is 154 Å². The van der Waals surface area contributed by atoms with Gasteiger partial charge in [0.1, 0.15) is 0 Å². The van der Waals surface area contributed by atoms with Gasteiger partial charge in [-0.2, -0.15) is 13.2 Å². The number of sulfone groups is 1. The molecule has 1 atom stereocenters. The summed E-state index contributed by atoms with van der Waals surface area (Å²) in [4.78, 5) is 17.1. The summed E-state index contributed by atoms with van der Waals surface area (Å²) in [6.07, 6.45) is -4.54. The molecule has 1 aliphatic rings. The van der Waals surface area contributed by atoms with Gasteiger partial charge in [-0.05, 0) is 35.9 Å². The molecule has 0 saturated heterocycles. The van der Waals surface area contributed by atoms with Crippen molar-refractivity contribution >= 4 is 15.7 Å². The molecule has 1 amide bonds. The molecule has 3 rings (SSSR count). The summed E-state index contributed by atoms with van der Waals surface area (Å²) in [6, 6.07) is 10.0. The molecule has 0 saturated carbocycles. The second-order valence-electron chi connectivity index (χ2n) is 6.14. The smallest absolute Gasteiger partial charge is 0.274 e. The Morgan fingerprint density at radius 2 is 1.74 bits per heavy atom. The highest BCUT2D eigenvalue weighted by Crippen LogP contribution is 2.33. The Kier molecular flexibility index (Phi) is 5.00. The van der Waals surface area contributed by atoms with Crippen molar-refractivity contribution in [2.24, 2.45) is 0 Å². The molecule has 2 aromatic rings. The third kappa shape index (κ3) is 3.84. The second-order valence-corrected chi connectivity index (χ2v) is 8.17. The quantitative estimate of drug-likeness (QED) is 0.792. The molecule has 0 aromatic heterocycles. The maximum absolute atomic E-state index is 12.7. The fraction of sp³-hybridized carbons (Fsp3) is 0.278. The van der Waals surface area contributed by atoms with E-state index in [-0.39, 0.29) is 23.1 Å². The summed E-state index contributed by atoms with van der Waals surface area (Å²) < 4.78 is 63.5. The largest absolute Gasteiger partial charge is 0.416 e. The summed E-state index contributed by atoms with van der Waals surface area (Å²) in [5, 5.41) is 1.08. The van der Waals surface area contributed by atoms with Gasteiger partial charge in [0.05, 0.1) is 29.9 Å². The number of fused-ring (bicyclic) bond motifs is 1. The van der Waals surface area contributed by atoms with Gasteiger partial charge in [-0.1, -0.05) is 18.2 Å². The summed E-state index contributed by atoms with van der Waals surface area (Å²) in [5.41, 5.74) is 0.00474. The fourth-order valence-electron chi connectivity index (χ4n) is 3.08. The molecule has 0 N–H and O–H groups in total. The first-order valence-electron chi connectivity index (χ1n) is 7.98. The van der Waals surface area contributed by atoms with E-state index in [0.717, 1.165) is 29.3 Å². The highest BCUT2D eigenvalue weighted by molar-refractivity contribution is 7.91. The molecular formula is C18H16F3NO4S. The van der Waals surface area contributed by atoms with E-state index in [4.69, 9.17) is 4.84 Å². The zero-order valence-electron chi connectivity index (χ0n) is 14.2. The summed E-state index contributed by atoms with van der Waals surface area (Å²) in [5.74, 6) is -1.29. The van der Waals surface area contributed by atoms with Gasteiger partial charge < -0.3 is 0 Å². The van der Waals surface area contributed by atoms with Crippen molar-refractivity contribution in [1.82, 2.24) is 5.06 Å². The number of rotatable bonds is 4. The van der Waals surface area contributed by atoms with Gasteiger partial charge in [-0.15, -0.1) is 0 Å². The standard InChI is InChI=1S/C18H16F3NO4S/c1-26-22-10-12(15-4-2-3-5-16(15)17(22)23)11-27(24,25)14-8-6-13(7-9-14)18(19,20)21/h2-9,12H,10-11H2,1H3. The minimum absolute atomic E-state index is 0.0339.